The van der Waals surface area contributed by atoms with Gasteiger partial charge in [0.05, 0.1) is 66.2 Å². The molecular formula is C26H24N8O2. The van der Waals surface area contributed by atoms with Crippen molar-refractivity contribution >= 4 is 5.52 Å². The number of nitrogens with zero attached hydrogens (tertiary/aromatic N) is 8. The van der Waals surface area contributed by atoms with E-state index in [2.05, 4.69) is 21.4 Å². The van der Waals surface area contributed by atoms with Gasteiger partial charge in [-0.1, -0.05) is 12.1 Å². The van der Waals surface area contributed by atoms with Gasteiger partial charge in [-0.05, 0) is 36.6 Å². The Morgan fingerprint density at radius 2 is 1.92 bits per heavy atom. The molecule has 0 saturated heterocycles. The van der Waals surface area contributed by atoms with Gasteiger partial charge >= 0.3 is 0 Å². The van der Waals surface area contributed by atoms with Gasteiger partial charge in [-0.3, -0.25) is 9.36 Å². The molecule has 0 amide bonds. The first-order valence-electron chi connectivity index (χ1n) is 11.7. The summed E-state index contributed by atoms with van der Waals surface area (Å²) in [6.45, 7) is 0.364. The van der Waals surface area contributed by atoms with Gasteiger partial charge in [0.25, 0.3) is 0 Å². The molecule has 1 fully saturated rings. The molecule has 0 spiro atoms. The Labute approximate surface area is 207 Å². The number of benzene rings is 1. The van der Waals surface area contributed by atoms with E-state index < -0.39 is 0 Å². The van der Waals surface area contributed by atoms with Crippen molar-refractivity contribution < 1.29 is 9.47 Å². The average Bonchev–Trinajstić information content (AvgIpc) is 3.61. The lowest BCUT2D eigenvalue weighted by Gasteiger charge is -2.30. The lowest BCUT2D eigenvalue weighted by Crippen LogP contribution is -2.25. The van der Waals surface area contributed by atoms with Gasteiger partial charge in [0.1, 0.15) is 12.4 Å². The third-order valence-corrected chi connectivity index (χ3v) is 6.54. The summed E-state index contributed by atoms with van der Waals surface area (Å²) in [4.78, 5) is 5.00. The molecule has 10 nitrogen and oxygen atoms in total. The predicted octanol–water partition coefficient (Wildman–Crippen LogP) is 4.06. The van der Waals surface area contributed by atoms with Crippen LogP contribution in [0.25, 0.3) is 28.0 Å². The maximum atomic E-state index is 9.09. The van der Waals surface area contributed by atoms with E-state index >= 15 is 0 Å². The number of hydrogen-bond acceptors (Lipinski definition) is 7. The molecule has 4 aromatic heterocycles. The number of hydrogen-bond donors (Lipinski definition) is 0. The van der Waals surface area contributed by atoms with Gasteiger partial charge in [0.15, 0.2) is 0 Å². The van der Waals surface area contributed by atoms with Crippen molar-refractivity contribution in [2.45, 2.75) is 25.5 Å². The molecule has 180 valence electrons. The lowest BCUT2D eigenvalue weighted by molar-refractivity contribution is 0.230. The molecule has 4 heterocycles. The number of ether oxygens (including phenoxy) is 2. The molecule has 5 aromatic rings. The van der Waals surface area contributed by atoms with E-state index in [0.717, 1.165) is 46.5 Å². The predicted molar refractivity (Wildman–Crippen MR) is 131 cm³/mol. The van der Waals surface area contributed by atoms with E-state index in [1.54, 1.807) is 18.0 Å². The zero-order chi connectivity index (χ0) is 24.6. The topological polar surface area (TPSA) is 108 Å². The van der Waals surface area contributed by atoms with Gasteiger partial charge in [0.2, 0.25) is 5.88 Å². The number of aryl methyl sites for hydroxylation is 1. The Balaban J connectivity index is 1.32. The highest BCUT2D eigenvalue weighted by Crippen LogP contribution is 2.38. The Morgan fingerprint density at radius 1 is 1.08 bits per heavy atom. The second-order valence-corrected chi connectivity index (χ2v) is 8.95. The fourth-order valence-electron chi connectivity index (χ4n) is 4.46. The monoisotopic (exact) mass is 480 g/mol. The van der Waals surface area contributed by atoms with Crippen LogP contribution in [0.2, 0.25) is 0 Å². The van der Waals surface area contributed by atoms with E-state index in [1.807, 2.05) is 71.4 Å². The van der Waals surface area contributed by atoms with Gasteiger partial charge in [-0.25, -0.2) is 9.50 Å². The second kappa shape index (κ2) is 8.85. The summed E-state index contributed by atoms with van der Waals surface area (Å²) in [7, 11) is 3.50. The quantitative estimate of drug-likeness (QED) is 0.346. The Hall–Kier alpha value is -4.65. The molecule has 0 bridgehead atoms. The van der Waals surface area contributed by atoms with Gasteiger partial charge in [-0.15, -0.1) is 5.10 Å². The first-order valence-corrected chi connectivity index (χ1v) is 11.7. The molecule has 0 radical (unpaired) electrons. The highest BCUT2D eigenvalue weighted by molar-refractivity contribution is 5.79. The van der Waals surface area contributed by atoms with Crippen LogP contribution in [0.4, 0.5) is 0 Å². The molecule has 0 atom stereocenters. The summed E-state index contributed by atoms with van der Waals surface area (Å²) in [6, 6.07) is 12.3. The minimum atomic E-state index is 0.118. The standard InChI is InChI=1S/C26H24N8O2/c1-32-14-22(26(31-32)36-16-17-3-5-21(35-2)6-4-17)23-15-34-24(7-8-28-34)25(30-23)19-12-29-33(13-19)20-9-18(10-20)11-27/h3-8,12-15,18,20H,9-10,16H2,1-2H3. The van der Waals surface area contributed by atoms with Crippen LogP contribution in [0.1, 0.15) is 24.4 Å². The zero-order valence-corrected chi connectivity index (χ0v) is 19.9. The van der Waals surface area contributed by atoms with Crippen molar-refractivity contribution in [1.82, 2.24) is 34.2 Å². The number of fused-ring (bicyclic) bond motifs is 1. The lowest BCUT2D eigenvalue weighted by atomic mass is 9.81. The van der Waals surface area contributed by atoms with E-state index in [1.165, 1.54) is 0 Å². The van der Waals surface area contributed by atoms with Crippen LogP contribution in [-0.2, 0) is 13.7 Å². The summed E-state index contributed by atoms with van der Waals surface area (Å²) in [5.74, 6) is 1.41. The van der Waals surface area contributed by atoms with E-state index in [4.69, 9.17) is 19.7 Å². The Bertz CT molecular complexity index is 1570. The Kier molecular flexibility index (Phi) is 5.37. The molecular weight excluding hydrogens is 456 g/mol. The van der Waals surface area contributed by atoms with E-state index in [0.29, 0.717) is 18.2 Å². The fourth-order valence-corrected chi connectivity index (χ4v) is 4.46. The van der Waals surface area contributed by atoms with Crippen LogP contribution in [-0.4, -0.2) is 41.3 Å². The number of rotatable bonds is 7. The van der Waals surface area contributed by atoms with Crippen molar-refractivity contribution in [2.24, 2.45) is 13.0 Å². The third kappa shape index (κ3) is 3.94. The number of nitriles is 1. The highest BCUT2D eigenvalue weighted by Gasteiger charge is 2.31. The molecule has 1 saturated carbocycles. The van der Waals surface area contributed by atoms with Crippen molar-refractivity contribution in [3.05, 3.63) is 66.9 Å². The van der Waals surface area contributed by atoms with Crippen molar-refractivity contribution in [1.29, 1.82) is 5.26 Å². The van der Waals surface area contributed by atoms with Crippen molar-refractivity contribution in [2.75, 3.05) is 7.11 Å². The fraction of sp³-hybridized carbons (Fsp3) is 0.269. The van der Waals surface area contributed by atoms with E-state index in [9.17, 15) is 0 Å². The zero-order valence-electron chi connectivity index (χ0n) is 19.9. The smallest absolute Gasteiger partial charge is 0.242 e. The molecule has 6 rings (SSSR count). The van der Waals surface area contributed by atoms with Crippen molar-refractivity contribution in [3.8, 4) is 40.2 Å². The molecule has 1 aliphatic carbocycles. The second-order valence-electron chi connectivity index (χ2n) is 8.95. The normalized spacial score (nSPS) is 17.0. The first-order chi connectivity index (χ1) is 17.6. The number of methoxy groups -OCH3 is 1. The molecule has 0 N–H and O–H groups in total. The molecule has 0 aliphatic heterocycles. The van der Waals surface area contributed by atoms with Crippen molar-refractivity contribution in [3.63, 3.8) is 0 Å². The van der Waals surface area contributed by atoms with Crippen LogP contribution in [0.15, 0.2) is 61.3 Å². The SMILES string of the molecule is COc1ccc(COc2nn(C)cc2-c2cn3nccc3c(-c3cnn(C4CC(C#N)C4)c3)n2)cc1. The first kappa shape index (κ1) is 21.9. The summed E-state index contributed by atoms with van der Waals surface area (Å²) in [5.41, 5.74) is 5.02. The third-order valence-electron chi connectivity index (χ3n) is 6.54. The van der Waals surface area contributed by atoms with Crippen LogP contribution < -0.4 is 9.47 Å². The number of aromatic nitrogens is 7. The minimum absolute atomic E-state index is 0.118. The molecule has 0 unspecified atom stereocenters. The minimum Gasteiger partial charge on any atom is -0.497 e. The summed E-state index contributed by atoms with van der Waals surface area (Å²) >= 11 is 0. The average molecular weight is 481 g/mol. The highest BCUT2D eigenvalue weighted by atomic mass is 16.5. The molecule has 1 aromatic carbocycles. The van der Waals surface area contributed by atoms with Crippen LogP contribution >= 0.6 is 0 Å². The largest absolute Gasteiger partial charge is 0.497 e. The maximum absolute atomic E-state index is 9.09. The summed E-state index contributed by atoms with van der Waals surface area (Å²) < 4.78 is 16.8. The maximum Gasteiger partial charge on any atom is 0.242 e. The Morgan fingerprint density at radius 3 is 2.69 bits per heavy atom. The molecule has 36 heavy (non-hydrogen) atoms. The van der Waals surface area contributed by atoms with Gasteiger partial charge < -0.3 is 9.47 Å². The van der Waals surface area contributed by atoms with Crippen LogP contribution in [0, 0.1) is 17.2 Å². The molecule has 10 heteroatoms. The van der Waals surface area contributed by atoms with Gasteiger partial charge in [-0.2, -0.15) is 15.5 Å². The summed E-state index contributed by atoms with van der Waals surface area (Å²) in [6.07, 6.45) is 11.0. The van der Waals surface area contributed by atoms with Crippen LogP contribution in [0.3, 0.4) is 0 Å². The summed E-state index contributed by atoms with van der Waals surface area (Å²) in [5, 5.41) is 22.6. The molecule has 1 aliphatic rings. The van der Waals surface area contributed by atoms with Crippen LogP contribution in [0.5, 0.6) is 11.6 Å². The van der Waals surface area contributed by atoms with Gasteiger partial charge in [0, 0.05) is 25.0 Å². The van der Waals surface area contributed by atoms with E-state index in [-0.39, 0.29) is 12.0 Å².